The largest absolute Gasteiger partial charge is 0.356 e. The minimum atomic E-state index is 1.08. The monoisotopic (exact) mass is 462 g/mol. The minimum Gasteiger partial charge on any atom is -0.356 e. The summed E-state index contributed by atoms with van der Waals surface area (Å²) in [6.07, 6.45) is 4.29. The van der Waals surface area contributed by atoms with Gasteiger partial charge in [0.25, 0.3) is 0 Å². The average molecular weight is 463 g/mol. The van der Waals surface area contributed by atoms with Gasteiger partial charge in [-0.2, -0.15) is 0 Å². The first kappa shape index (κ1) is 21.7. The van der Waals surface area contributed by atoms with Crippen LogP contribution in [0.25, 0.3) is 33.7 Å². The van der Waals surface area contributed by atoms with Gasteiger partial charge in [-0.25, -0.2) is 0 Å². The number of nitrogens with one attached hydrogen (secondary N) is 2. The standard InChI is InChI=1S/C34H26N2/c1-3-7-29-23-33(21-15-27(29)5-1)35-31-17-11-25(12-18-31)9-10-26-13-19-32(20-14-26)36-34-22-16-28-6-2-4-8-30(28)24-34/h1-24,35-36H. The summed E-state index contributed by atoms with van der Waals surface area (Å²) in [5, 5.41) is 12.0. The molecule has 0 aliphatic heterocycles. The lowest BCUT2D eigenvalue weighted by molar-refractivity contribution is 1.55. The van der Waals surface area contributed by atoms with Crippen LogP contribution in [0.2, 0.25) is 0 Å². The number of hydrogen-bond donors (Lipinski definition) is 2. The molecule has 0 atom stereocenters. The minimum absolute atomic E-state index is 1.08. The molecule has 0 unspecified atom stereocenters. The third-order valence-corrected chi connectivity index (χ3v) is 6.37. The van der Waals surface area contributed by atoms with Gasteiger partial charge in [0.05, 0.1) is 0 Å². The molecular weight excluding hydrogens is 436 g/mol. The molecule has 2 N–H and O–H groups in total. The van der Waals surface area contributed by atoms with E-state index in [9.17, 15) is 0 Å². The molecule has 0 radical (unpaired) electrons. The van der Waals surface area contributed by atoms with Crippen LogP contribution < -0.4 is 10.6 Å². The topological polar surface area (TPSA) is 24.1 Å². The Bertz CT molecular complexity index is 1540. The second-order valence-electron chi connectivity index (χ2n) is 8.95. The smallest absolute Gasteiger partial charge is 0.0390 e. The summed E-state index contributed by atoms with van der Waals surface area (Å²) < 4.78 is 0. The first-order valence-electron chi connectivity index (χ1n) is 12.2. The van der Waals surface area contributed by atoms with Gasteiger partial charge in [0.1, 0.15) is 0 Å². The molecule has 0 aliphatic rings. The second kappa shape index (κ2) is 9.81. The molecule has 6 aromatic carbocycles. The second-order valence-corrected chi connectivity index (χ2v) is 8.95. The van der Waals surface area contributed by atoms with Crippen LogP contribution in [0.1, 0.15) is 11.1 Å². The molecule has 0 aromatic heterocycles. The van der Waals surface area contributed by atoms with Crippen LogP contribution in [-0.2, 0) is 0 Å². The van der Waals surface area contributed by atoms with Crippen molar-refractivity contribution in [1.29, 1.82) is 0 Å². The van der Waals surface area contributed by atoms with Crippen LogP contribution in [-0.4, -0.2) is 0 Å². The summed E-state index contributed by atoms with van der Waals surface area (Å²) in [7, 11) is 0. The van der Waals surface area contributed by atoms with Crippen molar-refractivity contribution in [3.63, 3.8) is 0 Å². The van der Waals surface area contributed by atoms with Crippen molar-refractivity contribution < 1.29 is 0 Å². The van der Waals surface area contributed by atoms with E-state index in [1.165, 1.54) is 21.5 Å². The van der Waals surface area contributed by atoms with Gasteiger partial charge in [-0.3, -0.25) is 0 Å². The number of benzene rings is 6. The van der Waals surface area contributed by atoms with Gasteiger partial charge < -0.3 is 10.6 Å². The summed E-state index contributed by atoms with van der Waals surface area (Å²) >= 11 is 0. The highest BCUT2D eigenvalue weighted by Crippen LogP contribution is 2.24. The van der Waals surface area contributed by atoms with E-state index in [-0.39, 0.29) is 0 Å². The Morgan fingerprint density at radius 2 is 0.694 bits per heavy atom. The van der Waals surface area contributed by atoms with Crippen LogP contribution in [0.5, 0.6) is 0 Å². The summed E-state index contributed by atoms with van der Waals surface area (Å²) in [5.74, 6) is 0. The molecule has 0 saturated heterocycles. The van der Waals surface area contributed by atoms with Crippen molar-refractivity contribution in [2.75, 3.05) is 10.6 Å². The molecule has 0 amide bonds. The summed E-state index contributed by atoms with van der Waals surface area (Å²) in [6, 6.07) is 46.7. The van der Waals surface area contributed by atoms with Crippen LogP contribution in [0, 0.1) is 0 Å². The van der Waals surface area contributed by atoms with Crippen molar-refractivity contribution in [2.45, 2.75) is 0 Å². The molecule has 0 aliphatic carbocycles. The molecule has 0 heterocycles. The zero-order valence-corrected chi connectivity index (χ0v) is 19.9. The fraction of sp³-hybridized carbons (Fsp3) is 0. The quantitative estimate of drug-likeness (QED) is 0.241. The van der Waals surface area contributed by atoms with E-state index in [0.717, 1.165) is 33.9 Å². The maximum atomic E-state index is 3.50. The van der Waals surface area contributed by atoms with E-state index in [0.29, 0.717) is 0 Å². The molecular formula is C34H26N2. The fourth-order valence-corrected chi connectivity index (χ4v) is 4.42. The fourth-order valence-electron chi connectivity index (χ4n) is 4.42. The Labute approximate surface area is 211 Å². The van der Waals surface area contributed by atoms with E-state index >= 15 is 0 Å². The summed E-state index contributed by atoms with van der Waals surface area (Å²) in [5.41, 5.74) is 6.66. The Morgan fingerprint density at radius 3 is 1.11 bits per heavy atom. The molecule has 2 nitrogen and oxygen atoms in total. The molecule has 0 saturated carbocycles. The maximum Gasteiger partial charge on any atom is 0.0390 e. The lowest BCUT2D eigenvalue weighted by Gasteiger charge is -2.08. The van der Waals surface area contributed by atoms with Gasteiger partial charge in [0.15, 0.2) is 0 Å². The van der Waals surface area contributed by atoms with E-state index < -0.39 is 0 Å². The normalized spacial score (nSPS) is 11.2. The molecule has 0 bridgehead atoms. The van der Waals surface area contributed by atoms with E-state index in [4.69, 9.17) is 0 Å². The van der Waals surface area contributed by atoms with Gasteiger partial charge in [-0.1, -0.05) is 97.1 Å². The molecule has 0 fully saturated rings. The predicted molar refractivity (Wildman–Crippen MR) is 156 cm³/mol. The van der Waals surface area contributed by atoms with Crippen molar-refractivity contribution in [3.8, 4) is 0 Å². The SMILES string of the molecule is C(=Cc1ccc(Nc2ccc3ccccc3c2)cc1)c1ccc(Nc2ccc3ccccc3c2)cc1. The number of fused-ring (bicyclic) bond motifs is 2. The summed E-state index contributed by atoms with van der Waals surface area (Å²) in [4.78, 5) is 0. The van der Waals surface area contributed by atoms with Crippen molar-refractivity contribution >= 4 is 56.4 Å². The molecule has 0 spiro atoms. The zero-order chi connectivity index (χ0) is 24.2. The third-order valence-electron chi connectivity index (χ3n) is 6.37. The Kier molecular flexibility index (Phi) is 5.91. The van der Waals surface area contributed by atoms with Crippen molar-refractivity contribution in [2.24, 2.45) is 0 Å². The van der Waals surface area contributed by atoms with Crippen LogP contribution in [0.15, 0.2) is 133 Å². The van der Waals surface area contributed by atoms with Gasteiger partial charge in [-0.15, -0.1) is 0 Å². The van der Waals surface area contributed by atoms with Crippen molar-refractivity contribution in [1.82, 2.24) is 0 Å². The van der Waals surface area contributed by atoms with Gasteiger partial charge in [-0.05, 0) is 81.2 Å². The molecule has 36 heavy (non-hydrogen) atoms. The first-order valence-corrected chi connectivity index (χ1v) is 12.2. The number of anilines is 4. The Hall–Kier alpha value is -4.82. The zero-order valence-electron chi connectivity index (χ0n) is 19.9. The van der Waals surface area contributed by atoms with Crippen molar-refractivity contribution in [3.05, 3.63) is 145 Å². The van der Waals surface area contributed by atoms with Gasteiger partial charge in [0.2, 0.25) is 0 Å². The highest BCUT2D eigenvalue weighted by atomic mass is 14.9. The van der Waals surface area contributed by atoms with Crippen LogP contribution >= 0.6 is 0 Å². The molecule has 6 rings (SSSR count). The van der Waals surface area contributed by atoms with E-state index in [2.05, 4.69) is 156 Å². The highest BCUT2D eigenvalue weighted by Gasteiger charge is 1.99. The Morgan fingerprint density at radius 1 is 0.333 bits per heavy atom. The Balaban J connectivity index is 1.09. The highest BCUT2D eigenvalue weighted by molar-refractivity contribution is 5.87. The van der Waals surface area contributed by atoms with E-state index in [1.807, 2.05) is 0 Å². The lowest BCUT2D eigenvalue weighted by Crippen LogP contribution is -1.90. The predicted octanol–water partition coefficient (Wildman–Crippen LogP) is 9.65. The molecule has 172 valence electrons. The average Bonchev–Trinajstić information content (AvgIpc) is 2.93. The molecule has 6 aromatic rings. The van der Waals surface area contributed by atoms with Gasteiger partial charge >= 0.3 is 0 Å². The van der Waals surface area contributed by atoms with Crippen LogP contribution in [0.4, 0.5) is 22.7 Å². The summed E-state index contributed by atoms with van der Waals surface area (Å²) in [6.45, 7) is 0. The first-order chi connectivity index (χ1) is 17.8. The maximum absolute atomic E-state index is 3.50. The number of rotatable bonds is 6. The van der Waals surface area contributed by atoms with Gasteiger partial charge in [0, 0.05) is 22.7 Å². The third kappa shape index (κ3) is 4.98. The lowest BCUT2D eigenvalue weighted by atomic mass is 10.1. The van der Waals surface area contributed by atoms with Crippen LogP contribution in [0.3, 0.4) is 0 Å². The number of hydrogen-bond acceptors (Lipinski definition) is 2. The molecule has 2 heteroatoms. The van der Waals surface area contributed by atoms with E-state index in [1.54, 1.807) is 0 Å².